The predicted octanol–water partition coefficient (Wildman–Crippen LogP) is 4.42. The number of hydrogen-bond acceptors (Lipinski definition) is 6. The zero-order chi connectivity index (χ0) is 22.5. The average Bonchev–Trinajstić information content (AvgIpc) is 3.51. The van der Waals surface area contributed by atoms with Crippen molar-refractivity contribution in [3.05, 3.63) is 101 Å². The Balaban J connectivity index is 1.51. The summed E-state index contributed by atoms with van der Waals surface area (Å²) in [5, 5.41) is 15.1. The molecule has 0 fully saturated rings. The summed E-state index contributed by atoms with van der Waals surface area (Å²) in [6.07, 6.45) is 5.05. The van der Waals surface area contributed by atoms with E-state index in [1.807, 2.05) is 41.2 Å². The van der Waals surface area contributed by atoms with Gasteiger partial charge in [-0.05, 0) is 42.5 Å². The Kier molecular flexibility index (Phi) is 5.80. The van der Waals surface area contributed by atoms with Crippen molar-refractivity contribution in [3.63, 3.8) is 0 Å². The number of methoxy groups -OCH3 is 1. The van der Waals surface area contributed by atoms with Crippen LogP contribution >= 0.6 is 0 Å². The van der Waals surface area contributed by atoms with Crippen molar-refractivity contribution in [2.75, 3.05) is 7.11 Å². The summed E-state index contributed by atoms with van der Waals surface area (Å²) in [6, 6.07) is 18.4. The molecule has 1 N–H and O–H groups in total. The molecular formula is C23H18N4O5. The molecule has 2 aromatic heterocycles. The fourth-order valence-electron chi connectivity index (χ4n) is 3.17. The third-order valence-corrected chi connectivity index (χ3v) is 4.68. The first-order chi connectivity index (χ1) is 15.6. The lowest BCUT2D eigenvalue weighted by molar-refractivity contribution is -0.384. The van der Waals surface area contributed by atoms with Crippen LogP contribution < -0.4 is 10.2 Å². The average molecular weight is 430 g/mol. The third kappa shape index (κ3) is 4.26. The number of carbonyl (C=O) groups is 1. The highest BCUT2D eigenvalue weighted by Gasteiger charge is 2.16. The van der Waals surface area contributed by atoms with Gasteiger partial charge in [0.15, 0.2) is 0 Å². The van der Waals surface area contributed by atoms with Crippen molar-refractivity contribution in [1.82, 2.24) is 9.99 Å². The molecule has 2 heterocycles. The Labute approximate surface area is 182 Å². The van der Waals surface area contributed by atoms with Gasteiger partial charge in [-0.25, -0.2) is 5.43 Å². The maximum atomic E-state index is 12.6. The van der Waals surface area contributed by atoms with Crippen LogP contribution in [-0.4, -0.2) is 28.7 Å². The molecule has 4 aromatic rings. The quantitative estimate of drug-likeness (QED) is 0.265. The molecule has 1 amide bonds. The second kappa shape index (κ2) is 9.00. The summed E-state index contributed by atoms with van der Waals surface area (Å²) in [5.41, 5.74) is 4.03. The summed E-state index contributed by atoms with van der Waals surface area (Å²) in [7, 11) is 1.47. The van der Waals surface area contributed by atoms with E-state index in [9.17, 15) is 14.9 Å². The Bertz CT molecular complexity index is 1290. The molecule has 4 rings (SSSR count). The number of nitro groups is 1. The molecule has 0 unspecified atom stereocenters. The molecule has 0 aliphatic heterocycles. The van der Waals surface area contributed by atoms with Gasteiger partial charge in [0.25, 0.3) is 11.6 Å². The first-order valence-corrected chi connectivity index (χ1v) is 9.55. The van der Waals surface area contributed by atoms with E-state index < -0.39 is 4.92 Å². The number of non-ortho nitro benzene ring substituents is 1. The first-order valence-electron chi connectivity index (χ1n) is 9.55. The van der Waals surface area contributed by atoms with Gasteiger partial charge in [-0.2, -0.15) is 5.10 Å². The van der Waals surface area contributed by atoms with Crippen LogP contribution in [0.2, 0.25) is 0 Å². The number of aromatic nitrogens is 1. The van der Waals surface area contributed by atoms with Crippen LogP contribution in [0.25, 0.3) is 17.0 Å². The Hall–Kier alpha value is -4.66. The van der Waals surface area contributed by atoms with Gasteiger partial charge in [0, 0.05) is 24.5 Å². The van der Waals surface area contributed by atoms with Crippen LogP contribution in [0.4, 0.5) is 5.69 Å². The number of hydrazone groups is 1. The van der Waals surface area contributed by atoms with Crippen molar-refractivity contribution < 1.29 is 18.9 Å². The number of ether oxygens (including phenoxy) is 1. The highest BCUT2D eigenvalue weighted by atomic mass is 16.6. The number of para-hydroxylation sites is 1. The van der Waals surface area contributed by atoms with E-state index in [1.54, 1.807) is 24.3 Å². The molecule has 0 saturated carbocycles. The number of carbonyl (C=O) groups excluding carboxylic acids is 1. The number of nitro benzene ring substituents is 1. The Morgan fingerprint density at radius 1 is 1.12 bits per heavy atom. The van der Waals surface area contributed by atoms with Crippen molar-refractivity contribution in [2.24, 2.45) is 5.10 Å². The molecule has 0 aliphatic rings. The molecule has 9 heteroatoms. The van der Waals surface area contributed by atoms with Crippen LogP contribution in [0.3, 0.4) is 0 Å². The molecule has 0 aliphatic carbocycles. The maximum Gasteiger partial charge on any atom is 0.273 e. The van der Waals surface area contributed by atoms with Gasteiger partial charge in [0.2, 0.25) is 0 Å². The van der Waals surface area contributed by atoms with Crippen LogP contribution in [0.1, 0.15) is 16.1 Å². The number of nitrogens with one attached hydrogen (secondary N) is 1. The van der Waals surface area contributed by atoms with E-state index in [0.29, 0.717) is 28.4 Å². The van der Waals surface area contributed by atoms with Crippen LogP contribution in [0.5, 0.6) is 5.75 Å². The smallest absolute Gasteiger partial charge is 0.273 e. The van der Waals surface area contributed by atoms with Gasteiger partial charge >= 0.3 is 0 Å². The standard InChI is InChI=1S/C23H18N4O5/c1-31-21-10-8-16(27(29)30)14-19(21)22-11-9-17(32-22)15-24-25-23(28)18-6-2-3-7-20(18)26-12-4-5-13-26/h2-15H,1H3,(H,25,28)/b24-15-. The molecule has 32 heavy (non-hydrogen) atoms. The van der Waals surface area contributed by atoms with Crippen molar-refractivity contribution in [1.29, 1.82) is 0 Å². The number of hydrogen-bond donors (Lipinski definition) is 1. The van der Waals surface area contributed by atoms with Crippen LogP contribution in [0.15, 0.2) is 88.6 Å². The lowest BCUT2D eigenvalue weighted by atomic mass is 10.1. The Morgan fingerprint density at radius 2 is 1.91 bits per heavy atom. The van der Waals surface area contributed by atoms with Gasteiger partial charge in [-0.3, -0.25) is 14.9 Å². The SMILES string of the molecule is COc1ccc([N+](=O)[O-])cc1-c1ccc(/C=N\NC(=O)c2ccccc2-n2cccc2)o1. The predicted molar refractivity (Wildman–Crippen MR) is 118 cm³/mol. The van der Waals surface area contributed by atoms with E-state index >= 15 is 0 Å². The maximum absolute atomic E-state index is 12.6. The monoisotopic (exact) mass is 430 g/mol. The lowest BCUT2D eigenvalue weighted by Crippen LogP contribution is -2.19. The van der Waals surface area contributed by atoms with E-state index in [4.69, 9.17) is 9.15 Å². The van der Waals surface area contributed by atoms with E-state index in [0.717, 1.165) is 5.69 Å². The topological polar surface area (TPSA) is 112 Å². The molecule has 9 nitrogen and oxygen atoms in total. The number of furan rings is 1. The molecule has 0 radical (unpaired) electrons. The van der Waals surface area contributed by atoms with Crippen LogP contribution in [-0.2, 0) is 0 Å². The molecule has 0 bridgehead atoms. The zero-order valence-corrected chi connectivity index (χ0v) is 17.0. The second-order valence-corrected chi connectivity index (χ2v) is 6.65. The minimum absolute atomic E-state index is 0.0824. The number of nitrogens with zero attached hydrogens (tertiary/aromatic N) is 3. The van der Waals surface area contributed by atoms with Gasteiger partial charge in [-0.1, -0.05) is 12.1 Å². The molecule has 0 atom stereocenters. The molecule has 2 aromatic carbocycles. The van der Waals surface area contributed by atoms with E-state index in [-0.39, 0.29) is 11.6 Å². The molecular weight excluding hydrogens is 412 g/mol. The van der Waals surface area contributed by atoms with Crippen molar-refractivity contribution >= 4 is 17.8 Å². The summed E-state index contributed by atoms with van der Waals surface area (Å²) >= 11 is 0. The number of benzene rings is 2. The first kappa shape index (κ1) is 20.6. The summed E-state index contributed by atoms with van der Waals surface area (Å²) in [5.74, 6) is 0.782. The molecule has 160 valence electrons. The summed E-state index contributed by atoms with van der Waals surface area (Å²) < 4.78 is 12.8. The van der Waals surface area contributed by atoms with E-state index in [1.165, 1.54) is 31.5 Å². The number of amides is 1. The highest BCUT2D eigenvalue weighted by Crippen LogP contribution is 2.34. The fourth-order valence-corrected chi connectivity index (χ4v) is 3.17. The molecule has 0 saturated heterocycles. The van der Waals surface area contributed by atoms with Gasteiger partial charge in [-0.15, -0.1) is 0 Å². The minimum Gasteiger partial charge on any atom is -0.496 e. The van der Waals surface area contributed by atoms with Crippen molar-refractivity contribution in [2.45, 2.75) is 0 Å². The van der Waals surface area contributed by atoms with Crippen LogP contribution in [0, 0.1) is 10.1 Å². The summed E-state index contributed by atoms with van der Waals surface area (Å²) in [4.78, 5) is 23.2. The highest BCUT2D eigenvalue weighted by molar-refractivity contribution is 5.98. The van der Waals surface area contributed by atoms with E-state index in [2.05, 4.69) is 10.5 Å². The van der Waals surface area contributed by atoms with Gasteiger partial charge in [0.05, 0.1) is 35.1 Å². The molecule has 0 spiro atoms. The minimum atomic E-state index is -0.491. The largest absolute Gasteiger partial charge is 0.496 e. The lowest BCUT2D eigenvalue weighted by Gasteiger charge is -2.08. The van der Waals surface area contributed by atoms with Gasteiger partial charge in [0.1, 0.15) is 17.3 Å². The Morgan fingerprint density at radius 3 is 2.66 bits per heavy atom. The number of rotatable bonds is 7. The second-order valence-electron chi connectivity index (χ2n) is 6.65. The fraction of sp³-hybridized carbons (Fsp3) is 0.0435. The summed E-state index contributed by atoms with van der Waals surface area (Å²) in [6.45, 7) is 0. The normalized spacial score (nSPS) is 10.9. The zero-order valence-electron chi connectivity index (χ0n) is 17.0. The van der Waals surface area contributed by atoms with Gasteiger partial charge < -0.3 is 13.7 Å². The third-order valence-electron chi connectivity index (χ3n) is 4.68. The van der Waals surface area contributed by atoms with Crippen molar-refractivity contribution in [3.8, 4) is 22.8 Å².